The van der Waals surface area contributed by atoms with E-state index in [2.05, 4.69) is 10.6 Å². The lowest BCUT2D eigenvalue weighted by atomic mass is 10.1. The number of carbonyl (C=O) groups is 2. The molecule has 2 aliphatic heterocycles. The van der Waals surface area contributed by atoms with E-state index in [1.54, 1.807) is 4.90 Å². The quantitative estimate of drug-likeness (QED) is 0.453. The minimum absolute atomic E-state index is 0.0832. The van der Waals surface area contributed by atoms with Crippen LogP contribution in [0.2, 0.25) is 5.02 Å². The van der Waals surface area contributed by atoms with Gasteiger partial charge in [0.1, 0.15) is 5.60 Å². The Kier molecular flexibility index (Phi) is 8.71. The molecule has 3 fully saturated rings. The summed E-state index contributed by atoms with van der Waals surface area (Å²) in [7, 11) is 0. The molecule has 214 valence electrons. The number of aromatic nitrogens is 1. The fourth-order valence-electron chi connectivity index (χ4n) is 5.15. The molecule has 1 aromatic heterocycles. The van der Waals surface area contributed by atoms with E-state index in [9.17, 15) is 9.59 Å². The van der Waals surface area contributed by atoms with Crippen molar-refractivity contribution in [3.8, 4) is 0 Å². The van der Waals surface area contributed by atoms with Gasteiger partial charge in [-0.25, -0.2) is 4.79 Å². The summed E-state index contributed by atoms with van der Waals surface area (Å²) in [6, 6.07) is 6.34. The molecule has 1 aliphatic carbocycles. The summed E-state index contributed by atoms with van der Waals surface area (Å²) in [6.07, 6.45) is 5.80. The Balaban J connectivity index is 1.25. The molecule has 10 heteroatoms. The zero-order valence-corrected chi connectivity index (χ0v) is 24.0. The zero-order chi connectivity index (χ0) is 27.6. The van der Waals surface area contributed by atoms with E-state index in [1.165, 1.54) is 0 Å². The zero-order valence-electron chi connectivity index (χ0n) is 23.2. The Morgan fingerprint density at radius 1 is 1.13 bits per heavy atom. The average molecular weight is 562 g/mol. The van der Waals surface area contributed by atoms with Crippen LogP contribution >= 0.6 is 11.6 Å². The largest absolute Gasteiger partial charge is 0.444 e. The normalized spacial score (nSPS) is 22.2. The van der Waals surface area contributed by atoms with Crippen molar-refractivity contribution in [3.05, 3.63) is 35.0 Å². The molecule has 2 saturated heterocycles. The molecule has 39 heavy (non-hydrogen) atoms. The lowest BCUT2D eigenvalue weighted by Gasteiger charge is -2.36. The first kappa shape index (κ1) is 28.2. The van der Waals surface area contributed by atoms with Gasteiger partial charge in [-0.2, -0.15) is 0 Å². The van der Waals surface area contributed by atoms with Gasteiger partial charge in [-0.3, -0.25) is 4.79 Å². The molecule has 0 bridgehead atoms. The van der Waals surface area contributed by atoms with E-state index < -0.39 is 17.8 Å². The second kappa shape index (κ2) is 12.0. The topological polar surface area (TPSA) is 82.5 Å². The monoisotopic (exact) mass is 561 g/mol. The van der Waals surface area contributed by atoms with E-state index in [1.807, 2.05) is 44.0 Å². The van der Waals surface area contributed by atoms with Gasteiger partial charge in [0, 0.05) is 49.4 Å². The summed E-state index contributed by atoms with van der Waals surface area (Å²) in [6.45, 7) is 8.84. The Morgan fingerprint density at radius 3 is 2.67 bits per heavy atom. The molecule has 2 atom stereocenters. The van der Waals surface area contributed by atoms with Gasteiger partial charge in [-0.1, -0.05) is 23.7 Å². The van der Waals surface area contributed by atoms with Crippen molar-refractivity contribution in [2.24, 2.45) is 0 Å². The smallest absolute Gasteiger partial charge is 0.410 e. The lowest BCUT2D eigenvalue weighted by Crippen LogP contribution is -2.53. The minimum atomic E-state index is -0.701. The first-order valence-corrected chi connectivity index (χ1v) is 14.5. The highest BCUT2D eigenvalue weighted by molar-refractivity contribution is 6.35. The Hall–Kier alpha value is -2.33. The summed E-state index contributed by atoms with van der Waals surface area (Å²) in [5, 5.41) is 1.67. The van der Waals surface area contributed by atoms with Gasteiger partial charge in [-0.05, 0) is 64.5 Å². The number of morpholine rings is 1. The van der Waals surface area contributed by atoms with Crippen molar-refractivity contribution in [1.29, 1.82) is 0 Å². The summed E-state index contributed by atoms with van der Waals surface area (Å²) in [5.41, 5.74) is 1.44. The molecule has 2 unspecified atom stereocenters. The number of amides is 2. The van der Waals surface area contributed by atoms with Crippen LogP contribution < -0.4 is 0 Å². The third kappa shape index (κ3) is 7.25. The number of fused-ring (bicyclic) bond motifs is 1. The molecular weight excluding hydrogens is 522 g/mol. The molecule has 1 aromatic carbocycles. The molecule has 0 radical (unpaired) electrons. The van der Waals surface area contributed by atoms with Crippen LogP contribution in [0.1, 0.15) is 58.4 Å². The summed E-state index contributed by atoms with van der Waals surface area (Å²) >= 11 is 6.55. The first-order chi connectivity index (χ1) is 18.7. The molecule has 0 spiro atoms. The standard InChI is InChI=1S/C29H40ClN3O6/c1-29(2,3)39-28(35)32-12-14-36-25(19-32)27(34)33(21-8-9-21)17-20-7-10-22-23(30)18-31(24(22)16-20)11-15-38-26-6-4-5-13-37-26/h7,10,16,18,21,25-26H,4-6,8-9,11-15,17,19H2,1-3H3. The summed E-state index contributed by atoms with van der Waals surface area (Å²) in [4.78, 5) is 29.7. The van der Waals surface area contributed by atoms with Gasteiger partial charge in [0.2, 0.25) is 0 Å². The van der Waals surface area contributed by atoms with E-state index in [0.717, 1.165) is 55.2 Å². The SMILES string of the molecule is CC(C)(C)OC(=O)N1CCOC(C(=O)N(Cc2ccc3c(Cl)cn(CCOC4CCCCO4)c3c2)C2CC2)C1. The number of hydrogen-bond donors (Lipinski definition) is 0. The highest BCUT2D eigenvalue weighted by Gasteiger charge is 2.39. The fraction of sp³-hybridized carbons (Fsp3) is 0.655. The molecule has 3 heterocycles. The highest BCUT2D eigenvalue weighted by atomic mass is 35.5. The maximum absolute atomic E-state index is 13.6. The third-order valence-electron chi connectivity index (χ3n) is 7.29. The predicted octanol–water partition coefficient (Wildman–Crippen LogP) is 4.96. The maximum Gasteiger partial charge on any atom is 0.410 e. The second-order valence-electron chi connectivity index (χ2n) is 11.7. The van der Waals surface area contributed by atoms with Crippen LogP contribution in [0.5, 0.6) is 0 Å². The minimum Gasteiger partial charge on any atom is -0.444 e. The Morgan fingerprint density at radius 2 is 1.95 bits per heavy atom. The van der Waals surface area contributed by atoms with Crippen molar-refractivity contribution in [2.45, 2.75) is 90.0 Å². The predicted molar refractivity (Wildman–Crippen MR) is 148 cm³/mol. The molecule has 9 nitrogen and oxygen atoms in total. The van der Waals surface area contributed by atoms with Crippen LogP contribution in [0.3, 0.4) is 0 Å². The number of ether oxygens (including phenoxy) is 4. The Labute approximate surface area is 235 Å². The number of rotatable bonds is 8. The lowest BCUT2D eigenvalue weighted by molar-refractivity contribution is -0.163. The summed E-state index contributed by atoms with van der Waals surface area (Å²) in [5.74, 6) is -0.0832. The average Bonchev–Trinajstić information content (AvgIpc) is 3.71. The van der Waals surface area contributed by atoms with Gasteiger partial charge in [-0.15, -0.1) is 0 Å². The fourth-order valence-corrected chi connectivity index (χ4v) is 5.42. The van der Waals surface area contributed by atoms with E-state index in [4.69, 9.17) is 30.5 Å². The van der Waals surface area contributed by atoms with E-state index in [-0.39, 0.29) is 24.8 Å². The van der Waals surface area contributed by atoms with Crippen molar-refractivity contribution < 1.29 is 28.5 Å². The van der Waals surface area contributed by atoms with Gasteiger partial charge < -0.3 is 33.3 Å². The molecule has 1 saturated carbocycles. The number of hydrogen-bond acceptors (Lipinski definition) is 6. The van der Waals surface area contributed by atoms with Crippen molar-refractivity contribution in [1.82, 2.24) is 14.4 Å². The second-order valence-corrected chi connectivity index (χ2v) is 12.1. The molecule has 3 aliphatic rings. The van der Waals surface area contributed by atoms with Gasteiger partial charge in [0.05, 0.1) is 24.8 Å². The number of nitrogens with zero attached hydrogens (tertiary/aromatic N) is 3. The van der Waals surface area contributed by atoms with Crippen molar-refractivity contribution in [2.75, 3.05) is 32.9 Å². The third-order valence-corrected chi connectivity index (χ3v) is 7.59. The van der Waals surface area contributed by atoms with E-state index in [0.29, 0.717) is 37.9 Å². The van der Waals surface area contributed by atoms with Gasteiger partial charge >= 0.3 is 6.09 Å². The van der Waals surface area contributed by atoms with Gasteiger partial charge in [0.25, 0.3) is 5.91 Å². The first-order valence-electron chi connectivity index (χ1n) is 14.1. The molecule has 2 aromatic rings. The maximum atomic E-state index is 13.6. The van der Waals surface area contributed by atoms with Crippen LogP contribution in [-0.4, -0.2) is 83.3 Å². The van der Waals surface area contributed by atoms with Crippen LogP contribution in [0.4, 0.5) is 4.79 Å². The molecule has 2 amide bonds. The molecule has 5 rings (SSSR count). The van der Waals surface area contributed by atoms with E-state index >= 15 is 0 Å². The van der Waals surface area contributed by atoms with Crippen LogP contribution in [0, 0.1) is 0 Å². The van der Waals surface area contributed by atoms with Crippen LogP contribution in [-0.2, 0) is 36.8 Å². The molecular formula is C29H40ClN3O6. The van der Waals surface area contributed by atoms with Crippen LogP contribution in [0.25, 0.3) is 10.9 Å². The number of carbonyl (C=O) groups excluding carboxylic acids is 2. The van der Waals surface area contributed by atoms with Crippen molar-refractivity contribution >= 4 is 34.5 Å². The molecule has 0 N–H and O–H groups in total. The number of benzene rings is 1. The van der Waals surface area contributed by atoms with Crippen LogP contribution in [0.15, 0.2) is 24.4 Å². The Bertz CT molecular complexity index is 1170. The summed E-state index contributed by atoms with van der Waals surface area (Å²) < 4.78 is 25.1. The van der Waals surface area contributed by atoms with Crippen molar-refractivity contribution in [3.63, 3.8) is 0 Å². The highest BCUT2D eigenvalue weighted by Crippen LogP contribution is 2.32. The van der Waals surface area contributed by atoms with Gasteiger partial charge in [0.15, 0.2) is 12.4 Å². The number of halogens is 1.